The summed E-state index contributed by atoms with van der Waals surface area (Å²) >= 11 is 0. The van der Waals surface area contributed by atoms with Crippen molar-refractivity contribution in [3.63, 3.8) is 0 Å². The van der Waals surface area contributed by atoms with E-state index in [0.717, 1.165) is 25.3 Å². The van der Waals surface area contributed by atoms with Crippen molar-refractivity contribution in [1.82, 2.24) is 4.98 Å². The van der Waals surface area contributed by atoms with Crippen molar-refractivity contribution in [2.24, 2.45) is 0 Å². The van der Waals surface area contributed by atoms with Gasteiger partial charge in [-0.05, 0) is 25.0 Å². The van der Waals surface area contributed by atoms with Crippen LogP contribution in [-0.2, 0) is 0 Å². The summed E-state index contributed by atoms with van der Waals surface area (Å²) in [5.41, 5.74) is 0.292. The standard InChI is InChI=1S/C15H18FN3O2/c1-3-6-10(4-2)18-15-12(16)9-13(19(20)21)11-7-5-8-17-14(11)15/h5,7-10,18H,3-4,6H2,1-2H3. The maximum Gasteiger partial charge on any atom is 0.281 e. The van der Waals surface area contributed by atoms with Gasteiger partial charge in [-0.25, -0.2) is 4.39 Å². The molecule has 0 fully saturated rings. The van der Waals surface area contributed by atoms with Gasteiger partial charge in [0, 0.05) is 12.2 Å². The molecule has 1 unspecified atom stereocenters. The number of pyridine rings is 1. The lowest BCUT2D eigenvalue weighted by Crippen LogP contribution is -2.19. The van der Waals surface area contributed by atoms with Gasteiger partial charge in [-0.3, -0.25) is 15.1 Å². The minimum absolute atomic E-state index is 0.121. The molecule has 21 heavy (non-hydrogen) atoms. The Kier molecular flexibility index (Phi) is 4.67. The van der Waals surface area contributed by atoms with E-state index in [0.29, 0.717) is 10.9 Å². The molecule has 0 aliphatic carbocycles. The molecular weight excluding hydrogens is 273 g/mol. The highest BCUT2D eigenvalue weighted by molar-refractivity contribution is 5.97. The molecule has 0 spiro atoms. The van der Waals surface area contributed by atoms with Gasteiger partial charge in [-0.2, -0.15) is 0 Å². The zero-order valence-electron chi connectivity index (χ0n) is 12.1. The third kappa shape index (κ3) is 3.09. The molecule has 0 aliphatic heterocycles. The van der Waals surface area contributed by atoms with E-state index in [1.165, 1.54) is 6.20 Å². The van der Waals surface area contributed by atoms with E-state index < -0.39 is 10.7 Å². The van der Waals surface area contributed by atoms with E-state index in [-0.39, 0.29) is 17.4 Å². The van der Waals surface area contributed by atoms with E-state index in [1.54, 1.807) is 12.1 Å². The molecule has 0 bridgehead atoms. The number of hydrogen-bond donors (Lipinski definition) is 1. The quantitative estimate of drug-likeness (QED) is 0.637. The number of benzene rings is 1. The average Bonchev–Trinajstić information content (AvgIpc) is 2.48. The van der Waals surface area contributed by atoms with Gasteiger partial charge in [-0.1, -0.05) is 20.3 Å². The fourth-order valence-electron chi connectivity index (χ4n) is 2.41. The summed E-state index contributed by atoms with van der Waals surface area (Å²) in [4.78, 5) is 14.6. The number of nitrogens with one attached hydrogen (secondary N) is 1. The third-order valence-electron chi connectivity index (χ3n) is 3.50. The summed E-state index contributed by atoms with van der Waals surface area (Å²) in [5.74, 6) is -0.637. The molecule has 1 heterocycles. The lowest BCUT2D eigenvalue weighted by atomic mass is 10.1. The van der Waals surface area contributed by atoms with Crippen LogP contribution in [0.4, 0.5) is 15.8 Å². The Balaban J connectivity index is 2.56. The van der Waals surface area contributed by atoms with Crippen LogP contribution in [-0.4, -0.2) is 15.9 Å². The normalized spacial score (nSPS) is 12.3. The SMILES string of the molecule is CCCC(CC)Nc1c(F)cc([N+](=O)[O-])c2cccnc12. The minimum Gasteiger partial charge on any atom is -0.378 e. The molecule has 6 heteroatoms. The number of rotatable bonds is 6. The first-order valence-electron chi connectivity index (χ1n) is 7.06. The summed E-state index contributed by atoms with van der Waals surface area (Å²) in [6.07, 6.45) is 4.24. The molecule has 2 aromatic rings. The highest BCUT2D eigenvalue weighted by Crippen LogP contribution is 2.33. The molecule has 1 N–H and O–H groups in total. The molecule has 2 rings (SSSR count). The predicted molar refractivity (Wildman–Crippen MR) is 81.0 cm³/mol. The molecule has 1 aromatic heterocycles. The highest BCUT2D eigenvalue weighted by atomic mass is 19.1. The molecule has 0 radical (unpaired) electrons. The number of nitrogens with zero attached hydrogens (tertiary/aromatic N) is 2. The Morgan fingerprint density at radius 2 is 2.24 bits per heavy atom. The number of hydrogen-bond acceptors (Lipinski definition) is 4. The summed E-state index contributed by atoms with van der Waals surface area (Å²) in [6.45, 7) is 4.08. The van der Waals surface area contributed by atoms with E-state index in [1.807, 2.05) is 6.92 Å². The van der Waals surface area contributed by atoms with Crippen LogP contribution < -0.4 is 5.32 Å². The van der Waals surface area contributed by atoms with E-state index in [4.69, 9.17) is 0 Å². The number of non-ortho nitro benzene ring substituents is 1. The topological polar surface area (TPSA) is 68.1 Å². The molecule has 1 aromatic carbocycles. The second kappa shape index (κ2) is 6.47. The Labute approximate surface area is 122 Å². The Hall–Kier alpha value is -2.24. The van der Waals surface area contributed by atoms with Crippen LogP contribution in [0, 0.1) is 15.9 Å². The number of fused-ring (bicyclic) bond motifs is 1. The first-order chi connectivity index (χ1) is 10.1. The first-order valence-corrected chi connectivity index (χ1v) is 7.06. The van der Waals surface area contributed by atoms with Crippen molar-refractivity contribution in [2.45, 2.75) is 39.2 Å². The largest absolute Gasteiger partial charge is 0.378 e. The molecule has 0 amide bonds. The van der Waals surface area contributed by atoms with Gasteiger partial charge in [0.05, 0.1) is 22.1 Å². The lowest BCUT2D eigenvalue weighted by molar-refractivity contribution is -0.383. The van der Waals surface area contributed by atoms with Crippen molar-refractivity contribution in [3.05, 3.63) is 40.3 Å². The van der Waals surface area contributed by atoms with Crippen molar-refractivity contribution in [1.29, 1.82) is 0 Å². The molecule has 0 saturated carbocycles. The molecule has 0 aliphatic rings. The van der Waals surface area contributed by atoms with Crippen molar-refractivity contribution >= 4 is 22.3 Å². The van der Waals surface area contributed by atoms with Gasteiger partial charge in [0.1, 0.15) is 5.52 Å². The van der Waals surface area contributed by atoms with Crippen LogP contribution in [0.5, 0.6) is 0 Å². The van der Waals surface area contributed by atoms with Crippen LogP contribution in [0.3, 0.4) is 0 Å². The van der Waals surface area contributed by atoms with Gasteiger partial charge in [0.15, 0.2) is 5.82 Å². The smallest absolute Gasteiger partial charge is 0.281 e. The van der Waals surface area contributed by atoms with Gasteiger partial charge in [0.2, 0.25) is 0 Å². The Morgan fingerprint density at radius 3 is 2.86 bits per heavy atom. The van der Waals surface area contributed by atoms with Gasteiger partial charge >= 0.3 is 0 Å². The van der Waals surface area contributed by atoms with Gasteiger partial charge in [-0.15, -0.1) is 0 Å². The summed E-state index contributed by atoms with van der Waals surface area (Å²) < 4.78 is 14.3. The van der Waals surface area contributed by atoms with E-state index in [2.05, 4.69) is 17.2 Å². The fourth-order valence-corrected chi connectivity index (χ4v) is 2.41. The van der Waals surface area contributed by atoms with Gasteiger partial charge < -0.3 is 5.32 Å². The first kappa shape index (κ1) is 15.2. The molecule has 5 nitrogen and oxygen atoms in total. The number of nitro benzene ring substituents is 1. The second-order valence-corrected chi connectivity index (χ2v) is 4.95. The predicted octanol–water partition coefficient (Wildman–Crippen LogP) is 4.27. The average molecular weight is 291 g/mol. The van der Waals surface area contributed by atoms with Crippen molar-refractivity contribution < 1.29 is 9.31 Å². The van der Waals surface area contributed by atoms with Crippen LogP contribution in [0.2, 0.25) is 0 Å². The Bertz CT molecular complexity index is 661. The molecule has 1 atom stereocenters. The number of aromatic nitrogens is 1. The zero-order chi connectivity index (χ0) is 15.4. The number of halogens is 1. The minimum atomic E-state index is -0.637. The molecular formula is C15H18FN3O2. The van der Waals surface area contributed by atoms with Crippen LogP contribution in [0.15, 0.2) is 24.4 Å². The van der Waals surface area contributed by atoms with Crippen molar-refractivity contribution in [2.75, 3.05) is 5.32 Å². The van der Waals surface area contributed by atoms with E-state index in [9.17, 15) is 14.5 Å². The summed E-state index contributed by atoms with van der Waals surface area (Å²) in [6, 6.07) is 4.29. The monoisotopic (exact) mass is 291 g/mol. The third-order valence-corrected chi connectivity index (χ3v) is 3.50. The summed E-state index contributed by atoms with van der Waals surface area (Å²) in [5, 5.41) is 14.5. The molecule has 112 valence electrons. The second-order valence-electron chi connectivity index (χ2n) is 4.95. The fraction of sp³-hybridized carbons (Fsp3) is 0.400. The van der Waals surface area contributed by atoms with Crippen LogP contribution in [0.1, 0.15) is 33.1 Å². The van der Waals surface area contributed by atoms with Crippen LogP contribution >= 0.6 is 0 Å². The summed E-state index contributed by atoms with van der Waals surface area (Å²) in [7, 11) is 0. The molecule has 0 saturated heterocycles. The Morgan fingerprint density at radius 1 is 1.48 bits per heavy atom. The lowest BCUT2D eigenvalue weighted by Gasteiger charge is -2.19. The highest BCUT2D eigenvalue weighted by Gasteiger charge is 2.21. The van der Waals surface area contributed by atoms with Gasteiger partial charge in [0.25, 0.3) is 5.69 Å². The maximum atomic E-state index is 14.3. The van der Waals surface area contributed by atoms with Crippen LogP contribution in [0.25, 0.3) is 10.9 Å². The van der Waals surface area contributed by atoms with Crippen molar-refractivity contribution in [3.8, 4) is 0 Å². The maximum absolute atomic E-state index is 14.3. The number of anilines is 1. The van der Waals surface area contributed by atoms with E-state index >= 15 is 0 Å². The zero-order valence-corrected chi connectivity index (χ0v) is 12.1. The number of nitro groups is 1.